The van der Waals surface area contributed by atoms with Gasteiger partial charge >= 0.3 is 0 Å². The van der Waals surface area contributed by atoms with Gasteiger partial charge in [-0.1, -0.05) is 22.9 Å². The zero-order valence-corrected chi connectivity index (χ0v) is 10.4. The number of ether oxygens (including phenoxy) is 1. The molecule has 0 unspecified atom stereocenters. The Balaban J connectivity index is 2.21. The summed E-state index contributed by atoms with van der Waals surface area (Å²) in [6.07, 6.45) is 0. The fraction of sp³-hybridized carbons (Fsp3) is 0. The molecule has 0 aliphatic rings. The van der Waals surface area contributed by atoms with E-state index in [1.54, 1.807) is 5.38 Å². The number of halogens is 3. The molecule has 78 valence electrons. The molecule has 1 aromatic heterocycles. The molecule has 0 fully saturated rings. The van der Waals surface area contributed by atoms with Gasteiger partial charge in [-0.25, -0.2) is 4.39 Å². The monoisotopic (exact) mass is 307 g/mol. The molecule has 0 radical (unpaired) electrons. The molecule has 15 heavy (non-hydrogen) atoms. The third-order valence-corrected chi connectivity index (χ3v) is 3.27. The molecular formula is C9H4BrClFNOS. The molecule has 0 saturated heterocycles. The van der Waals surface area contributed by atoms with Crippen molar-refractivity contribution in [3.63, 3.8) is 0 Å². The number of nitrogens with zero attached hydrogens (tertiary/aromatic N) is 1. The maximum absolute atomic E-state index is 12.8. The Morgan fingerprint density at radius 2 is 2.27 bits per heavy atom. The second kappa shape index (κ2) is 4.47. The van der Waals surface area contributed by atoms with Gasteiger partial charge in [-0.3, -0.25) is 0 Å². The van der Waals surface area contributed by atoms with Crippen LogP contribution in [0.25, 0.3) is 0 Å². The average Bonchev–Trinajstić information content (AvgIpc) is 2.58. The highest BCUT2D eigenvalue weighted by atomic mass is 79.9. The van der Waals surface area contributed by atoms with Gasteiger partial charge in [0, 0.05) is 11.4 Å². The molecule has 2 rings (SSSR count). The van der Waals surface area contributed by atoms with Gasteiger partial charge in [0.15, 0.2) is 0 Å². The SMILES string of the molecule is Fc1ccc(Oc2nc(Br)cs2)cc1Cl. The smallest absolute Gasteiger partial charge is 0.279 e. The lowest BCUT2D eigenvalue weighted by Gasteiger charge is -2.01. The molecule has 2 aromatic rings. The van der Waals surface area contributed by atoms with Crippen LogP contribution in [0.2, 0.25) is 5.02 Å². The molecule has 1 heterocycles. The lowest BCUT2D eigenvalue weighted by Crippen LogP contribution is -1.84. The maximum Gasteiger partial charge on any atom is 0.279 e. The zero-order chi connectivity index (χ0) is 10.8. The lowest BCUT2D eigenvalue weighted by molar-refractivity contribution is 0.476. The van der Waals surface area contributed by atoms with E-state index in [2.05, 4.69) is 20.9 Å². The Morgan fingerprint density at radius 1 is 1.47 bits per heavy atom. The van der Waals surface area contributed by atoms with E-state index in [0.29, 0.717) is 15.5 Å². The van der Waals surface area contributed by atoms with Gasteiger partial charge in [0.1, 0.15) is 16.2 Å². The summed E-state index contributed by atoms with van der Waals surface area (Å²) in [5.41, 5.74) is 0. The number of benzene rings is 1. The minimum atomic E-state index is -0.468. The Hall–Kier alpha value is -0.650. The fourth-order valence-electron chi connectivity index (χ4n) is 0.927. The van der Waals surface area contributed by atoms with Crippen LogP contribution in [-0.2, 0) is 0 Å². The summed E-state index contributed by atoms with van der Waals surface area (Å²) in [5, 5.41) is 2.30. The third-order valence-electron chi connectivity index (χ3n) is 1.55. The van der Waals surface area contributed by atoms with E-state index >= 15 is 0 Å². The summed E-state index contributed by atoms with van der Waals surface area (Å²) in [7, 11) is 0. The van der Waals surface area contributed by atoms with Crippen molar-refractivity contribution >= 4 is 38.9 Å². The number of aromatic nitrogens is 1. The first-order chi connectivity index (χ1) is 7.15. The van der Waals surface area contributed by atoms with Gasteiger partial charge in [0.25, 0.3) is 5.19 Å². The van der Waals surface area contributed by atoms with Gasteiger partial charge in [0.2, 0.25) is 0 Å². The first-order valence-corrected chi connectivity index (χ1v) is 5.94. The van der Waals surface area contributed by atoms with E-state index in [9.17, 15) is 4.39 Å². The average molecular weight is 309 g/mol. The molecule has 6 heteroatoms. The standard InChI is InChI=1S/C9H4BrClFNOS/c10-8-4-15-9(13-8)14-5-1-2-7(12)6(11)3-5/h1-4H. The van der Waals surface area contributed by atoms with E-state index < -0.39 is 5.82 Å². The predicted octanol–water partition coefficient (Wildman–Crippen LogP) is 4.49. The summed E-state index contributed by atoms with van der Waals surface area (Å²) in [6, 6.07) is 4.16. The Morgan fingerprint density at radius 3 is 2.87 bits per heavy atom. The Kier molecular flexibility index (Phi) is 3.23. The summed E-state index contributed by atoms with van der Waals surface area (Å²) >= 11 is 10.1. The van der Waals surface area contributed by atoms with E-state index in [0.717, 1.165) is 0 Å². The van der Waals surface area contributed by atoms with Crippen LogP contribution in [0.15, 0.2) is 28.2 Å². The van der Waals surface area contributed by atoms with Crippen LogP contribution in [-0.4, -0.2) is 4.98 Å². The second-order valence-electron chi connectivity index (χ2n) is 2.61. The summed E-state index contributed by atoms with van der Waals surface area (Å²) < 4.78 is 18.9. The number of hydrogen-bond donors (Lipinski definition) is 0. The molecule has 0 aliphatic heterocycles. The highest BCUT2D eigenvalue weighted by Gasteiger charge is 2.05. The van der Waals surface area contributed by atoms with Crippen LogP contribution in [0, 0.1) is 5.82 Å². The number of hydrogen-bond acceptors (Lipinski definition) is 3. The second-order valence-corrected chi connectivity index (χ2v) is 4.65. The van der Waals surface area contributed by atoms with Crippen LogP contribution in [0.1, 0.15) is 0 Å². The van der Waals surface area contributed by atoms with Crippen molar-refractivity contribution in [2.45, 2.75) is 0 Å². The highest BCUT2D eigenvalue weighted by Crippen LogP contribution is 2.29. The van der Waals surface area contributed by atoms with E-state index in [-0.39, 0.29) is 5.02 Å². The van der Waals surface area contributed by atoms with Gasteiger partial charge in [0.05, 0.1) is 5.02 Å². The van der Waals surface area contributed by atoms with Gasteiger partial charge in [-0.05, 0) is 28.1 Å². The molecular weight excluding hydrogens is 305 g/mol. The predicted molar refractivity (Wildman–Crippen MR) is 61.3 cm³/mol. The van der Waals surface area contributed by atoms with Crippen molar-refractivity contribution in [1.29, 1.82) is 0 Å². The largest absolute Gasteiger partial charge is 0.431 e. The molecule has 0 aliphatic carbocycles. The molecule has 0 atom stereocenters. The molecule has 0 bridgehead atoms. The fourth-order valence-corrected chi connectivity index (χ4v) is 2.20. The lowest BCUT2D eigenvalue weighted by atomic mass is 10.3. The first kappa shape index (κ1) is 10.9. The minimum Gasteiger partial charge on any atom is -0.431 e. The van der Waals surface area contributed by atoms with Crippen LogP contribution in [0.3, 0.4) is 0 Å². The molecule has 0 saturated carbocycles. The van der Waals surface area contributed by atoms with Crippen molar-refractivity contribution < 1.29 is 9.13 Å². The van der Waals surface area contributed by atoms with Crippen LogP contribution in [0.5, 0.6) is 10.9 Å². The van der Waals surface area contributed by atoms with Crippen molar-refractivity contribution in [1.82, 2.24) is 4.98 Å². The molecule has 0 N–H and O–H groups in total. The van der Waals surface area contributed by atoms with Crippen molar-refractivity contribution in [2.24, 2.45) is 0 Å². The van der Waals surface area contributed by atoms with Crippen LogP contribution < -0.4 is 4.74 Å². The summed E-state index contributed by atoms with van der Waals surface area (Å²) in [5.74, 6) is -0.00686. The Labute approximate surface area is 103 Å². The molecule has 2 nitrogen and oxygen atoms in total. The van der Waals surface area contributed by atoms with Crippen molar-refractivity contribution in [3.8, 4) is 10.9 Å². The van der Waals surface area contributed by atoms with Gasteiger partial charge < -0.3 is 4.74 Å². The zero-order valence-electron chi connectivity index (χ0n) is 7.21. The number of thiazole rings is 1. The molecule has 0 amide bonds. The Bertz CT molecular complexity index is 491. The maximum atomic E-state index is 12.8. The van der Waals surface area contributed by atoms with Gasteiger partial charge in [-0.2, -0.15) is 4.98 Å². The van der Waals surface area contributed by atoms with Crippen molar-refractivity contribution in [2.75, 3.05) is 0 Å². The minimum absolute atomic E-state index is 0.0307. The third kappa shape index (κ3) is 2.68. The van der Waals surface area contributed by atoms with Gasteiger partial charge in [-0.15, -0.1) is 0 Å². The molecule has 1 aromatic carbocycles. The van der Waals surface area contributed by atoms with Crippen LogP contribution in [0.4, 0.5) is 4.39 Å². The normalized spacial score (nSPS) is 10.3. The van der Waals surface area contributed by atoms with E-state index in [1.807, 2.05) is 0 Å². The quantitative estimate of drug-likeness (QED) is 0.815. The highest BCUT2D eigenvalue weighted by molar-refractivity contribution is 9.10. The van der Waals surface area contributed by atoms with E-state index in [4.69, 9.17) is 16.3 Å². The topological polar surface area (TPSA) is 22.1 Å². The number of rotatable bonds is 2. The summed E-state index contributed by atoms with van der Waals surface area (Å²) in [6.45, 7) is 0. The molecule has 0 spiro atoms. The van der Waals surface area contributed by atoms with Crippen LogP contribution >= 0.6 is 38.9 Å². The van der Waals surface area contributed by atoms with E-state index in [1.165, 1.54) is 29.5 Å². The first-order valence-electron chi connectivity index (χ1n) is 3.89. The summed E-state index contributed by atoms with van der Waals surface area (Å²) in [4.78, 5) is 4.03. The van der Waals surface area contributed by atoms with Crippen molar-refractivity contribution in [3.05, 3.63) is 39.0 Å².